The van der Waals surface area contributed by atoms with Crippen LogP contribution in [0.15, 0.2) is 48.5 Å². The summed E-state index contributed by atoms with van der Waals surface area (Å²) in [6.07, 6.45) is 1.42. The molecule has 3 atom stereocenters. The van der Waals surface area contributed by atoms with Gasteiger partial charge in [-0.05, 0) is 66.3 Å². The van der Waals surface area contributed by atoms with Crippen LogP contribution in [0.5, 0.6) is 5.75 Å². The van der Waals surface area contributed by atoms with E-state index in [1.807, 2.05) is 24.3 Å². The van der Waals surface area contributed by atoms with Gasteiger partial charge in [0.2, 0.25) is 0 Å². The van der Waals surface area contributed by atoms with E-state index in [2.05, 4.69) is 71.2 Å². The number of unbranched alkanes of at least 4 members (excludes halogenated alkanes) is 1. The maximum atomic E-state index is 10.8. The summed E-state index contributed by atoms with van der Waals surface area (Å²) in [5, 5.41) is 31.4. The van der Waals surface area contributed by atoms with Crippen molar-refractivity contribution in [1.82, 2.24) is 30.0 Å². The summed E-state index contributed by atoms with van der Waals surface area (Å²) in [4.78, 5) is 15.9. The predicted octanol–water partition coefficient (Wildman–Crippen LogP) is 4.44. The molecule has 0 aliphatic carbocycles. The zero-order valence-corrected chi connectivity index (χ0v) is 22.9. The van der Waals surface area contributed by atoms with E-state index in [9.17, 15) is 9.90 Å². The lowest BCUT2D eigenvalue weighted by Gasteiger charge is -2.48. The maximum absolute atomic E-state index is 10.8. The Hall–Kier alpha value is -3.30. The monoisotopic (exact) mass is 520 g/mol. The molecule has 1 fully saturated rings. The van der Waals surface area contributed by atoms with E-state index >= 15 is 0 Å². The van der Waals surface area contributed by atoms with E-state index in [0.29, 0.717) is 43.2 Å². The number of tetrazole rings is 1. The second-order valence-electron chi connectivity index (χ2n) is 10.9. The van der Waals surface area contributed by atoms with Crippen molar-refractivity contribution in [1.29, 1.82) is 0 Å². The minimum atomic E-state index is -0.788. The molecule has 1 aromatic heterocycles. The first-order valence-corrected chi connectivity index (χ1v) is 13.6. The standard InChI is InChI=1S/C29H40N6O3/c1-20(2)17-33-18-22(4)34(19-21(33)3)28(25-8-7-9-26(36)16-25)23-11-13-24(14-12-23)29-30-31-32-35(29)15-6-5-10-27(37)38/h7-9,11-14,16,20-22,28,36H,5-6,10,15,17-19H2,1-4H3,(H,37,38)/t21-,22+,28-/m1/s1. The Bertz CT molecular complexity index is 1200. The Labute approximate surface area is 225 Å². The third kappa shape index (κ3) is 6.76. The minimum absolute atomic E-state index is 0.00168. The van der Waals surface area contributed by atoms with Crippen LogP contribution in [0.25, 0.3) is 11.4 Å². The highest BCUT2D eigenvalue weighted by atomic mass is 16.4. The number of hydrogen-bond acceptors (Lipinski definition) is 7. The van der Waals surface area contributed by atoms with Gasteiger partial charge < -0.3 is 10.2 Å². The van der Waals surface area contributed by atoms with Gasteiger partial charge in [0.25, 0.3) is 0 Å². The first kappa shape index (κ1) is 27.7. The molecule has 1 saturated heterocycles. The summed E-state index contributed by atoms with van der Waals surface area (Å²) in [6.45, 7) is 12.7. The van der Waals surface area contributed by atoms with Crippen LogP contribution in [0.1, 0.15) is 64.1 Å². The SMILES string of the molecule is CC(C)CN1C[C@H](C)N([C@H](c2ccc(-c3nnnn3CCCCC(=O)O)cc2)c2cccc(O)c2)C[C@H]1C. The van der Waals surface area contributed by atoms with Crippen LogP contribution in [0, 0.1) is 5.92 Å². The van der Waals surface area contributed by atoms with Gasteiger partial charge in [-0.25, -0.2) is 4.68 Å². The highest BCUT2D eigenvalue weighted by Crippen LogP contribution is 2.35. The van der Waals surface area contributed by atoms with Crippen LogP contribution >= 0.6 is 0 Å². The summed E-state index contributed by atoms with van der Waals surface area (Å²) in [5.74, 6) is 0.776. The fourth-order valence-corrected chi connectivity index (χ4v) is 5.49. The molecule has 0 spiro atoms. The minimum Gasteiger partial charge on any atom is -0.508 e. The quantitative estimate of drug-likeness (QED) is 0.357. The van der Waals surface area contributed by atoms with Crippen molar-refractivity contribution in [3.05, 3.63) is 59.7 Å². The smallest absolute Gasteiger partial charge is 0.303 e. The molecule has 0 saturated carbocycles. The van der Waals surface area contributed by atoms with E-state index < -0.39 is 5.97 Å². The normalized spacial score (nSPS) is 19.6. The van der Waals surface area contributed by atoms with Crippen LogP contribution in [-0.2, 0) is 11.3 Å². The molecule has 38 heavy (non-hydrogen) atoms. The van der Waals surface area contributed by atoms with E-state index in [1.54, 1.807) is 10.7 Å². The second kappa shape index (κ2) is 12.5. The van der Waals surface area contributed by atoms with Crippen LogP contribution in [0.3, 0.4) is 0 Å². The van der Waals surface area contributed by atoms with E-state index in [4.69, 9.17) is 5.11 Å². The fraction of sp³-hybridized carbons (Fsp3) is 0.517. The number of nitrogens with zero attached hydrogens (tertiary/aromatic N) is 6. The van der Waals surface area contributed by atoms with Crippen molar-refractivity contribution in [3.63, 3.8) is 0 Å². The molecule has 0 bridgehead atoms. The molecule has 0 radical (unpaired) electrons. The molecule has 9 heteroatoms. The number of carboxylic acids is 1. The number of carbonyl (C=O) groups is 1. The van der Waals surface area contributed by atoms with Crippen LogP contribution in [0.4, 0.5) is 0 Å². The number of phenolic OH excluding ortho intramolecular Hbond substituents is 1. The maximum Gasteiger partial charge on any atom is 0.303 e. The molecule has 4 rings (SSSR count). The van der Waals surface area contributed by atoms with E-state index in [0.717, 1.165) is 36.3 Å². The Kier molecular flexibility index (Phi) is 9.12. The number of hydrogen-bond donors (Lipinski definition) is 2. The third-order valence-electron chi connectivity index (χ3n) is 7.31. The lowest BCUT2D eigenvalue weighted by atomic mass is 9.92. The van der Waals surface area contributed by atoms with Crippen molar-refractivity contribution in [2.24, 2.45) is 5.92 Å². The predicted molar refractivity (Wildman–Crippen MR) is 147 cm³/mol. The van der Waals surface area contributed by atoms with Gasteiger partial charge in [-0.3, -0.25) is 14.6 Å². The summed E-state index contributed by atoms with van der Waals surface area (Å²) in [5.41, 5.74) is 3.13. The number of aromatic nitrogens is 4. The number of aliphatic carboxylic acids is 1. The van der Waals surface area contributed by atoms with Crippen molar-refractivity contribution >= 4 is 5.97 Å². The largest absolute Gasteiger partial charge is 0.508 e. The zero-order chi connectivity index (χ0) is 27.2. The Morgan fingerprint density at radius 3 is 2.47 bits per heavy atom. The molecule has 1 aliphatic rings. The lowest BCUT2D eigenvalue weighted by Crippen LogP contribution is -2.57. The number of phenols is 1. The number of carboxylic acid groups (broad SMARTS) is 1. The van der Waals surface area contributed by atoms with Crippen LogP contribution < -0.4 is 0 Å². The van der Waals surface area contributed by atoms with Gasteiger partial charge in [-0.1, -0.05) is 50.2 Å². The van der Waals surface area contributed by atoms with Gasteiger partial charge in [-0.15, -0.1) is 5.10 Å². The second-order valence-corrected chi connectivity index (χ2v) is 10.9. The number of piperazine rings is 1. The average Bonchev–Trinajstić information content (AvgIpc) is 3.33. The number of rotatable bonds is 11. The van der Waals surface area contributed by atoms with Gasteiger partial charge in [-0.2, -0.15) is 0 Å². The molecule has 9 nitrogen and oxygen atoms in total. The number of benzene rings is 2. The molecule has 2 N–H and O–H groups in total. The van der Waals surface area contributed by atoms with Crippen LogP contribution in [-0.4, -0.2) is 77.9 Å². The topological polar surface area (TPSA) is 108 Å². The van der Waals surface area contributed by atoms with Gasteiger partial charge in [0.1, 0.15) is 5.75 Å². The summed E-state index contributed by atoms with van der Waals surface area (Å²) in [7, 11) is 0. The van der Waals surface area contributed by atoms with Crippen LogP contribution in [0.2, 0.25) is 0 Å². The van der Waals surface area contributed by atoms with E-state index in [1.165, 1.54) is 0 Å². The number of aryl methyl sites for hydroxylation is 1. The number of aromatic hydroxyl groups is 1. The first-order valence-electron chi connectivity index (χ1n) is 13.6. The molecule has 2 heterocycles. The molecule has 1 aliphatic heterocycles. The van der Waals surface area contributed by atoms with Crippen molar-refractivity contribution < 1.29 is 15.0 Å². The Morgan fingerprint density at radius 2 is 1.79 bits per heavy atom. The molecule has 0 unspecified atom stereocenters. The summed E-state index contributed by atoms with van der Waals surface area (Å²) in [6, 6.07) is 16.7. The highest BCUT2D eigenvalue weighted by Gasteiger charge is 2.35. The lowest BCUT2D eigenvalue weighted by molar-refractivity contribution is -0.137. The van der Waals surface area contributed by atoms with Crippen molar-refractivity contribution in [3.8, 4) is 17.1 Å². The first-order chi connectivity index (χ1) is 18.2. The molecule has 2 aromatic carbocycles. The molecular formula is C29H40N6O3. The fourth-order valence-electron chi connectivity index (χ4n) is 5.49. The van der Waals surface area contributed by atoms with Gasteiger partial charge in [0.15, 0.2) is 5.82 Å². The molecule has 0 amide bonds. The van der Waals surface area contributed by atoms with Crippen molar-refractivity contribution in [2.45, 2.75) is 71.6 Å². The Morgan fingerprint density at radius 1 is 1.03 bits per heavy atom. The average molecular weight is 521 g/mol. The zero-order valence-electron chi connectivity index (χ0n) is 22.9. The van der Waals surface area contributed by atoms with Crippen molar-refractivity contribution in [2.75, 3.05) is 19.6 Å². The Balaban J connectivity index is 1.58. The van der Waals surface area contributed by atoms with Gasteiger partial charge in [0.05, 0.1) is 6.04 Å². The molecular weight excluding hydrogens is 480 g/mol. The molecule has 3 aromatic rings. The van der Waals surface area contributed by atoms with Gasteiger partial charge >= 0.3 is 5.97 Å². The molecule has 204 valence electrons. The highest BCUT2D eigenvalue weighted by molar-refractivity contribution is 5.66. The summed E-state index contributed by atoms with van der Waals surface area (Å²) >= 11 is 0. The van der Waals surface area contributed by atoms with Gasteiger partial charge in [0, 0.05) is 50.2 Å². The third-order valence-corrected chi connectivity index (χ3v) is 7.31. The van der Waals surface area contributed by atoms with E-state index in [-0.39, 0.29) is 18.2 Å². The summed E-state index contributed by atoms with van der Waals surface area (Å²) < 4.78 is 1.74.